The number of fused-ring (bicyclic) bond motifs is 3. The van der Waals surface area contributed by atoms with Gasteiger partial charge in [-0.2, -0.15) is 0 Å². The standard InChI is InChI=1S/C27H40.C15H28.2C5H12/c1-26(2,3)19-11-13-21-22-14-12-20(27(4,5)6)17-25(22)23(24(21)16-19)15-18-9-7-8-10-18;1-10-5-14(6-11(10)2)9-15-7-12(3)13(4)8-15;2*1-5(2,3)4/h11-14,16-18,21-25H,7-10,15H2,1-6H3;10-15H,5-9H2,1-4H3;2*1-4H3. The highest BCUT2D eigenvalue weighted by molar-refractivity contribution is 5.38. The monoisotopic (exact) mass is 717 g/mol. The second-order valence-electron chi connectivity index (χ2n) is 24.6. The molecule has 0 saturated heterocycles. The van der Waals surface area contributed by atoms with Crippen molar-refractivity contribution in [2.75, 3.05) is 0 Å². The zero-order chi connectivity index (χ0) is 39.4. The van der Waals surface area contributed by atoms with Crippen LogP contribution in [0.15, 0.2) is 47.6 Å². The number of hydrogen-bond acceptors (Lipinski definition) is 0. The fourth-order valence-corrected chi connectivity index (χ4v) is 10.3. The Morgan fingerprint density at radius 2 is 0.750 bits per heavy atom. The maximum absolute atomic E-state index is 2.70. The molecule has 6 aliphatic rings. The average Bonchev–Trinajstić information content (AvgIpc) is 3.74. The maximum Gasteiger partial charge on any atom is -0.00954 e. The average molecular weight is 717 g/mol. The van der Waals surface area contributed by atoms with Crippen LogP contribution >= 0.6 is 0 Å². The summed E-state index contributed by atoms with van der Waals surface area (Å²) >= 11 is 0. The Morgan fingerprint density at radius 3 is 1.04 bits per heavy atom. The van der Waals surface area contributed by atoms with E-state index in [9.17, 15) is 0 Å². The van der Waals surface area contributed by atoms with Gasteiger partial charge in [0, 0.05) is 0 Å². The highest BCUT2D eigenvalue weighted by Gasteiger charge is 2.49. The second kappa shape index (κ2) is 18.3. The first-order chi connectivity index (χ1) is 23.7. The van der Waals surface area contributed by atoms with Crippen LogP contribution in [0.25, 0.3) is 0 Å². The van der Waals surface area contributed by atoms with Crippen molar-refractivity contribution in [3.05, 3.63) is 47.6 Å². The first kappa shape index (κ1) is 45.4. The lowest BCUT2D eigenvalue weighted by atomic mass is 9.73. The van der Waals surface area contributed by atoms with Gasteiger partial charge < -0.3 is 0 Å². The summed E-state index contributed by atoms with van der Waals surface area (Å²) in [6.45, 7) is 41.5. The molecule has 4 saturated carbocycles. The van der Waals surface area contributed by atoms with Gasteiger partial charge >= 0.3 is 0 Å². The van der Waals surface area contributed by atoms with E-state index in [2.05, 4.69) is 161 Å². The smallest absolute Gasteiger partial charge is 0.00954 e. The summed E-state index contributed by atoms with van der Waals surface area (Å²) in [5.74, 6) is 10.8. The Kier molecular flexibility index (Phi) is 15.9. The number of hydrogen-bond donors (Lipinski definition) is 0. The molecule has 0 aromatic carbocycles. The molecule has 8 unspecified atom stereocenters. The Bertz CT molecular complexity index is 1080. The zero-order valence-corrected chi connectivity index (χ0v) is 38.5. The Balaban J connectivity index is 0.000000243. The molecule has 0 bridgehead atoms. The topological polar surface area (TPSA) is 0 Å². The van der Waals surface area contributed by atoms with Gasteiger partial charge in [-0.15, -0.1) is 0 Å². The van der Waals surface area contributed by atoms with Crippen LogP contribution in [-0.2, 0) is 0 Å². The molecule has 0 aromatic heterocycles. The largest absolute Gasteiger partial charge is 0.0799 e. The summed E-state index contributed by atoms with van der Waals surface area (Å²) in [5.41, 5.74) is 4.63. The molecule has 0 N–H and O–H groups in total. The molecular weight excluding hydrogens is 625 g/mol. The number of allylic oxidation sites excluding steroid dienone is 8. The minimum absolute atomic E-state index is 0.259. The van der Waals surface area contributed by atoms with E-state index >= 15 is 0 Å². The molecule has 0 heteroatoms. The fraction of sp³-hybridized carbons (Fsp3) is 0.846. The van der Waals surface area contributed by atoms with Crippen LogP contribution in [0.4, 0.5) is 0 Å². The van der Waals surface area contributed by atoms with Crippen LogP contribution in [0, 0.1) is 92.7 Å². The van der Waals surface area contributed by atoms with Gasteiger partial charge in [-0.25, -0.2) is 0 Å². The minimum atomic E-state index is 0.259. The Labute approximate surface area is 328 Å². The van der Waals surface area contributed by atoms with Crippen LogP contribution in [-0.4, -0.2) is 0 Å². The van der Waals surface area contributed by atoms with Crippen molar-refractivity contribution in [1.82, 2.24) is 0 Å². The van der Waals surface area contributed by atoms with Crippen LogP contribution in [0.3, 0.4) is 0 Å². The molecule has 0 amide bonds. The quantitative estimate of drug-likeness (QED) is 0.272. The summed E-state index contributed by atoms with van der Waals surface area (Å²) < 4.78 is 0. The van der Waals surface area contributed by atoms with Crippen LogP contribution in [0.1, 0.15) is 189 Å². The van der Waals surface area contributed by atoms with E-state index in [1.54, 1.807) is 17.6 Å². The van der Waals surface area contributed by atoms with Gasteiger partial charge in [0.05, 0.1) is 0 Å². The van der Waals surface area contributed by atoms with E-state index in [0.717, 1.165) is 59.2 Å². The molecule has 0 aromatic rings. The summed E-state index contributed by atoms with van der Waals surface area (Å²) in [6, 6.07) is 0. The third-order valence-electron chi connectivity index (χ3n) is 13.3. The van der Waals surface area contributed by atoms with Crippen LogP contribution in [0.5, 0.6) is 0 Å². The highest BCUT2D eigenvalue weighted by Crippen LogP contribution is 2.57. The molecule has 4 fully saturated rings. The van der Waals surface area contributed by atoms with E-state index in [-0.39, 0.29) is 10.8 Å². The first-order valence-electron chi connectivity index (χ1n) is 22.5. The highest BCUT2D eigenvalue weighted by atomic mass is 14.5. The lowest BCUT2D eigenvalue weighted by Gasteiger charge is -2.32. The summed E-state index contributed by atoms with van der Waals surface area (Å²) in [5, 5.41) is 0. The van der Waals surface area contributed by atoms with E-state index in [4.69, 9.17) is 0 Å². The summed E-state index contributed by atoms with van der Waals surface area (Å²) in [6.07, 6.45) is 30.4. The van der Waals surface area contributed by atoms with Gasteiger partial charge in [-0.3, -0.25) is 0 Å². The molecule has 0 heterocycles. The van der Waals surface area contributed by atoms with Crippen LogP contribution < -0.4 is 0 Å². The summed E-state index contributed by atoms with van der Waals surface area (Å²) in [4.78, 5) is 0. The Hall–Kier alpha value is -1.04. The third kappa shape index (κ3) is 14.6. The molecule has 6 aliphatic carbocycles. The lowest BCUT2D eigenvalue weighted by molar-refractivity contribution is 0.286. The van der Waals surface area contributed by atoms with Gasteiger partial charge in [-0.1, -0.05) is 187 Å². The molecule has 0 spiro atoms. The number of rotatable bonds is 4. The molecule has 300 valence electrons. The Morgan fingerprint density at radius 1 is 0.442 bits per heavy atom. The second-order valence-corrected chi connectivity index (χ2v) is 24.6. The molecule has 6 rings (SSSR count). The molecule has 8 atom stereocenters. The van der Waals surface area contributed by atoms with Gasteiger partial charge in [0.2, 0.25) is 0 Å². The third-order valence-corrected chi connectivity index (χ3v) is 13.3. The van der Waals surface area contributed by atoms with E-state index in [0.29, 0.717) is 22.7 Å². The fourth-order valence-electron chi connectivity index (χ4n) is 10.3. The van der Waals surface area contributed by atoms with Crippen molar-refractivity contribution in [2.45, 2.75) is 189 Å². The molecule has 0 aliphatic heterocycles. The van der Waals surface area contributed by atoms with E-state index in [1.165, 1.54) is 57.8 Å². The van der Waals surface area contributed by atoms with Gasteiger partial charge in [0.15, 0.2) is 0 Å². The molecular formula is C52H92. The maximum atomic E-state index is 2.70. The molecule has 0 nitrogen and oxygen atoms in total. The van der Waals surface area contributed by atoms with Crippen molar-refractivity contribution in [3.8, 4) is 0 Å². The molecule has 0 radical (unpaired) electrons. The molecule has 52 heavy (non-hydrogen) atoms. The van der Waals surface area contributed by atoms with Crippen molar-refractivity contribution >= 4 is 0 Å². The van der Waals surface area contributed by atoms with Crippen molar-refractivity contribution in [2.24, 2.45) is 92.7 Å². The zero-order valence-electron chi connectivity index (χ0n) is 38.5. The van der Waals surface area contributed by atoms with E-state index < -0.39 is 0 Å². The minimum Gasteiger partial charge on any atom is -0.0799 e. The lowest BCUT2D eigenvalue weighted by Crippen LogP contribution is -2.22. The van der Waals surface area contributed by atoms with Crippen molar-refractivity contribution in [3.63, 3.8) is 0 Å². The predicted molar refractivity (Wildman–Crippen MR) is 234 cm³/mol. The summed E-state index contributed by atoms with van der Waals surface area (Å²) in [7, 11) is 0. The van der Waals surface area contributed by atoms with Gasteiger partial charge in [-0.05, 0) is 142 Å². The van der Waals surface area contributed by atoms with Gasteiger partial charge in [0.25, 0.3) is 0 Å². The first-order valence-corrected chi connectivity index (χ1v) is 22.5. The van der Waals surface area contributed by atoms with Crippen LogP contribution in [0.2, 0.25) is 0 Å². The van der Waals surface area contributed by atoms with Crippen molar-refractivity contribution < 1.29 is 0 Å². The SMILES string of the molecule is CC(C)(C)C.CC(C)(C)C.CC(C)(C)C1=CC2C(C=C1)C1C=CC(C(C)(C)C)=CC1C2CC1CCCC1.CC1CC(CC2CC(C)C(C)C2)CC1C. The normalized spacial score (nSPS) is 36.0. The van der Waals surface area contributed by atoms with Crippen molar-refractivity contribution in [1.29, 1.82) is 0 Å². The van der Waals surface area contributed by atoms with Gasteiger partial charge in [0.1, 0.15) is 0 Å². The van der Waals surface area contributed by atoms with E-state index in [1.807, 2.05) is 0 Å². The predicted octanol–water partition coefficient (Wildman–Crippen LogP) is 16.6.